The summed E-state index contributed by atoms with van der Waals surface area (Å²) in [6.45, 7) is 2.24. The number of halogens is 1. The lowest BCUT2D eigenvalue weighted by molar-refractivity contribution is 0.0749. The van der Waals surface area contributed by atoms with Gasteiger partial charge in [0.1, 0.15) is 5.02 Å². The van der Waals surface area contributed by atoms with Crippen LogP contribution in [-0.4, -0.2) is 46.8 Å². The van der Waals surface area contributed by atoms with Gasteiger partial charge in [-0.1, -0.05) is 66.2 Å². The Bertz CT molecular complexity index is 1340. The molecule has 3 aromatic carbocycles. The predicted octanol–water partition coefficient (Wildman–Crippen LogP) is 4.00. The normalized spacial score (nSPS) is 14.0. The number of para-hydroxylation sites is 1. The van der Waals surface area contributed by atoms with Crippen LogP contribution >= 0.6 is 11.6 Å². The molecule has 0 saturated carbocycles. The van der Waals surface area contributed by atoms with Gasteiger partial charge in [0.15, 0.2) is 0 Å². The SMILES string of the molecule is O=C(c1cccc2ccccc12)N1CCN(c2cnn(-c3ccccc3)c(=O)c2Cl)CC1. The Hall–Kier alpha value is -3.64. The Balaban J connectivity index is 1.34. The van der Waals surface area contributed by atoms with E-state index in [1.165, 1.54) is 4.68 Å². The van der Waals surface area contributed by atoms with Gasteiger partial charge in [0, 0.05) is 31.7 Å². The minimum Gasteiger partial charge on any atom is -0.365 e. The molecule has 5 rings (SSSR count). The summed E-state index contributed by atoms with van der Waals surface area (Å²) in [7, 11) is 0. The molecule has 0 aliphatic carbocycles. The molecule has 32 heavy (non-hydrogen) atoms. The first kappa shape index (κ1) is 20.3. The molecule has 0 atom stereocenters. The summed E-state index contributed by atoms with van der Waals surface area (Å²) < 4.78 is 1.30. The molecule has 0 bridgehead atoms. The van der Waals surface area contributed by atoms with Crippen LogP contribution in [0.15, 0.2) is 83.8 Å². The van der Waals surface area contributed by atoms with E-state index >= 15 is 0 Å². The highest BCUT2D eigenvalue weighted by atomic mass is 35.5. The zero-order valence-corrected chi connectivity index (χ0v) is 18.1. The van der Waals surface area contributed by atoms with Gasteiger partial charge in [-0.2, -0.15) is 9.78 Å². The lowest BCUT2D eigenvalue weighted by Gasteiger charge is -2.36. The standard InChI is InChI=1S/C25H21ClN4O2/c26-23-22(17-27-30(25(23)32)19-9-2-1-3-10-19)28-13-15-29(16-14-28)24(31)21-12-6-8-18-7-4-5-11-20(18)21/h1-12,17H,13-16H2. The van der Waals surface area contributed by atoms with Gasteiger partial charge in [0.05, 0.1) is 17.6 Å². The average molecular weight is 445 g/mol. The highest BCUT2D eigenvalue weighted by Crippen LogP contribution is 2.25. The van der Waals surface area contributed by atoms with E-state index in [0.717, 1.165) is 10.8 Å². The molecule has 0 spiro atoms. The van der Waals surface area contributed by atoms with Gasteiger partial charge < -0.3 is 9.80 Å². The predicted molar refractivity (Wildman–Crippen MR) is 127 cm³/mol. The van der Waals surface area contributed by atoms with Crippen molar-refractivity contribution >= 4 is 34.0 Å². The zero-order chi connectivity index (χ0) is 22.1. The minimum atomic E-state index is -0.357. The number of hydrogen-bond acceptors (Lipinski definition) is 4. The van der Waals surface area contributed by atoms with E-state index in [4.69, 9.17) is 11.6 Å². The Kier molecular flexibility index (Phi) is 5.37. The van der Waals surface area contributed by atoms with Crippen molar-refractivity contribution in [2.24, 2.45) is 0 Å². The Morgan fingerprint density at radius 1 is 0.844 bits per heavy atom. The number of hydrogen-bond donors (Lipinski definition) is 0. The molecule has 2 heterocycles. The van der Waals surface area contributed by atoms with Crippen molar-refractivity contribution in [1.29, 1.82) is 0 Å². The number of aromatic nitrogens is 2. The van der Waals surface area contributed by atoms with Crippen molar-refractivity contribution < 1.29 is 4.79 Å². The summed E-state index contributed by atoms with van der Waals surface area (Å²) in [5.74, 6) is 0.0187. The van der Waals surface area contributed by atoms with Crippen molar-refractivity contribution in [2.45, 2.75) is 0 Å². The summed E-state index contributed by atoms with van der Waals surface area (Å²) in [6, 6.07) is 22.9. The van der Waals surface area contributed by atoms with E-state index in [-0.39, 0.29) is 16.5 Å². The molecule has 6 nitrogen and oxygen atoms in total. The van der Waals surface area contributed by atoms with Gasteiger partial charge in [0.2, 0.25) is 0 Å². The number of piperazine rings is 1. The fourth-order valence-electron chi connectivity index (χ4n) is 4.13. The molecule has 1 fully saturated rings. The lowest BCUT2D eigenvalue weighted by atomic mass is 10.0. The highest BCUT2D eigenvalue weighted by Gasteiger charge is 2.25. The van der Waals surface area contributed by atoms with Crippen molar-refractivity contribution in [2.75, 3.05) is 31.1 Å². The van der Waals surface area contributed by atoms with Gasteiger partial charge in [-0.25, -0.2) is 0 Å². The van der Waals surface area contributed by atoms with Crippen LogP contribution in [-0.2, 0) is 0 Å². The quantitative estimate of drug-likeness (QED) is 0.479. The molecule has 160 valence electrons. The number of fused-ring (bicyclic) bond motifs is 1. The van der Waals surface area contributed by atoms with Crippen LogP contribution in [0, 0.1) is 0 Å². The van der Waals surface area contributed by atoms with Gasteiger partial charge >= 0.3 is 0 Å². The van der Waals surface area contributed by atoms with Crippen molar-refractivity contribution in [3.05, 3.63) is 99.9 Å². The Labute approximate surface area is 190 Å². The summed E-state index contributed by atoms with van der Waals surface area (Å²) in [5.41, 5.74) is 1.61. The van der Waals surface area contributed by atoms with E-state index < -0.39 is 0 Å². The van der Waals surface area contributed by atoms with E-state index in [1.54, 1.807) is 6.20 Å². The van der Waals surface area contributed by atoms with Crippen LogP contribution in [0.1, 0.15) is 10.4 Å². The molecular formula is C25H21ClN4O2. The maximum Gasteiger partial charge on any atom is 0.292 e. The molecule has 7 heteroatoms. The van der Waals surface area contributed by atoms with Crippen LogP contribution in [0.2, 0.25) is 5.02 Å². The molecule has 0 unspecified atom stereocenters. The van der Waals surface area contributed by atoms with Crippen LogP contribution in [0.3, 0.4) is 0 Å². The molecular weight excluding hydrogens is 424 g/mol. The smallest absolute Gasteiger partial charge is 0.292 e. The van der Waals surface area contributed by atoms with E-state index in [0.29, 0.717) is 43.1 Å². The number of rotatable bonds is 3. The van der Waals surface area contributed by atoms with E-state index in [1.807, 2.05) is 82.6 Å². The fraction of sp³-hybridized carbons (Fsp3) is 0.160. The molecule has 1 aliphatic heterocycles. The van der Waals surface area contributed by atoms with Crippen LogP contribution < -0.4 is 10.5 Å². The monoisotopic (exact) mass is 444 g/mol. The Morgan fingerprint density at radius 3 is 2.31 bits per heavy atom. The third-order valence-electron chi connectivity index (χ3n) is 5.83. The molecule has 0 N–H and O–H groups in total. The first-order chi connectivity index (χ1) is 15.6. The number of anilines is 1. The molecule has 1 amide bonds. The summed E-state index contributed by atoms with van der Waals surface area (Å²) in [4.78, 5) is 29.9. The van der Waals surface area contributed by atoms with Gasteiger partial charge in [-0.15, -0.1) is 0 Å². The van der Waals surface area contributed by atoms with Gasteiger partial charge in [-0.3, -0.25) is 9.59 Å². The number of nitrogens with zero attached hydrogens (tertiary/aromatic N) is 4. The third kappa shape index (κ3) is 3.63. The summed E-state index contributed by atoms with van der Waals surface area (Å²) in [5, 5.41) is 6.46. The molecule has 1 saturated heterocycles. The minimum absolute atomic E-state index is 0.0187. The van der Waals surface area contributed by atoms with Crippen molar-refractivity contribution in [3.63, 3.8) is 0 Å². The first-order valence-electron chi connectivity index (χ1n) is 10.5. The largest absolute Gasteiger partial charge is 0.365 e. The molecule has 0 radical (unpaired) electrons. The van der Waals surface area contributed by atoms with E-state index in [9.17, 15) is 9.59 Å². The second-order valence-corrected chi connectivity index (χ2v) is 8.08. The lowest BCUT2D eigenvalue weighted by Crippen LogP contribution is -2.49. The summed E-state index contributed by atoms with van der Waals surface area (Å²) in [6.07, 6.45) is 1.62. The molecule has 1 aliphatic rings. The second kappa shape index (κ2) is 8.48. The highest BCUT2D eigenvalue weighted by molar-refractivity contribution is 6.33. The fourth-order valence-corrected chi connectivity index (χ4v) is 4.38. The number of carbonyl (C=O) groups excluding carboxylic acids is 1. The van der Waals surface area contributed by atoms with Gasteiger partial charge in [0.25, 0.3) is 11.5 Å². The second-order valence-electron chi connectivity index (χ2n) is 7.70. The van der Waals surface area contributed by atoms with Crippen molar-refractivity contribution in [3.8, 4) is 5.69 Å². The van der Waals surface area contributed by atoms with Gasteiger partial charge in [-0.05, 0) is 29.0 Å². The number of carbonyl (C=O) groups is 1. The number of amides is 1. The van der Waals surface area contributed by atoms with E-state index in [2.05, 4.69) is 5.10 Å². The van der Waals surface area contributed by atoms with Crippen LogP contribution in [0.4, 0.5) is 5.69 Å². The van der Waals surface area contributed by atoms with Crippen LogP contribution in [0.5, 0.6) is 0 Å². The van der Waals surface area contributed by atoms with Crippen molar-refractivity contribution in [1.82, 2.24) is 14.7 Å². The topological polar surface area (TPSA) is 58.4 Å². The van der Waals surface area contributed by atoms with Crippen LogP contribution in [0.25, 0.3) is 16.5 Å². The Morgan fingerprint density at radius 2 is 1.53 bits per heavy atom. The maximum atomic E-state index is 13.2. The maximum absolute atomic E-state index is 13.2. The summed E-state index contributed by atoms with van der Waals surface area (Å²) >= 11 is 6.45. The third-order valence-corrected chi connectivity index (χ3v) is 6.18. The number of benzene rings is 3. The zero-order valence-electron chi connectivity index (χ0n) is 17.3. The first-order valence-corrected chi connectivity index (χ1v) is 10.9. The average Bonchev–Trinajstić information content (AvgIpc) is 2.85. The molecule has 4 aromatic rings. The molecule has 1 aromatic heterocycles.